The Hall–Kier alpha value is -2.05. The van der Waals surface area contributed by atoms with Gasteiger partial charge in [0.25, 0.3) is 0 Å². The van der Waals surface area contributed by atoms with Crippen molar-refractivity contribution >= 4 is 11.8 Å². The van der Waals surface area contributed by atoms with E-state index in [2.05, 4.69) is 12.2 Å². The minimum atomic E-state index is -4.38. The number of carbonyl (C=O) groups is 2. The van der Waals surface area contributed by atoms with Crippen LogP contribution in [0, 0.1) is 0 Å². The molecule has 1 heterocycles. The second-order valence-electron chi connectivity index (χ2n) is 6.62. The summed E-state index contributed by atoms with van der Waals surface area (Å²) in [5, 5.41) is 2.67. The molecular formula is C19H25F3N2O2. The molecule has 0 bridgehead atoms. The number of halogens is 3. The molecule has 26 heavy (non-hydrogen) atoms. The van der Waals surface area contributed by atoms with Crippen LogP contribution in [-0.2, 0) is 22.2 Å². The van der Waals surface area contributed by atoms with Crippen LogP contribution < -0.4 is 5.32 Å². The molecule has 1 aromatic carbocycles. The van der Waals surface area contributed by atoms with Crippen LogP contribution in [0.3, 0.4) is 0 Å². The monoisotopic (exact) mass is 370 g/mol. The van der Waals surface area contributed by atoms with Gasteiger partial charge in [-0.3, -0.25) is 9.59 Å². The number of amides is 2. The zero-order valence-corrected chi connectivity index (χ0v) is 14.9. The molecule has 1 saturated heterocycles. The van der Waals surface area contributed by atoms with Gasteiger partial charge in [0.15, 0.2) is 0 Å². The molecule has 1 fully saturated rings. The lowest BCUT2D eigenvalue weighted by molar-refractivity contribution is -0.137. The Labute approximate surface area is 151 Å². The second kappa shape index (κ2) is 9.05. The Morgan fingerprint density at radius 2 is 1.88 bits per heavy atom. The van der Waals surface area contributed by atoms with Crippen molar-refractivity contribution in [1.82, 2.24) is 10.2 Å². The summed E-state index contributed by atoms with van der Waals surface area (Å²) < 4.78 is 37.5. The van der Waals surface area contributed by atoms with Crippen molar-refractivity contribution < 1.29 is 22.8 Å². The van der Waals surface area contributed by atoms with E-state index in [1.807, 2.05) is 4.90 Å². The number of carbonyl (C=O) groups excluding carboxylic acids is 2. The maximum atomic E-state index is 12.5. The highest BCUT2D eigenvalue weighted by Gasteiger charge is 2.30. The first-order chi connectivity index (χ1) is 12.3. The molecule has 2 amide bonds. The molecule has 0 unspecified atom stereocenters. The number of nitrogens with one attached hydrogen (secondary N) is 1. The summed E-state index contributed by atoms with van der Waals surface area (Å²) in [5.41, 5.74) is -0.233. The average molecular weight is 370 g/mol. The molecule has 0 saturated carbocycles. The van der Waals surface area contributed by atoms with Crippen molar-refractivity contribution in [2.24, 2.45) is 0 Å². The number of benzene rings is 1. The summed E-state index contributed by atoms with van der Waals surface area (Å²) >= 11 is 0. The van der Waals surface area contributed by atoms with Crippen molar-refractivity contribution in [3.05, 3.63) is 35.4 Å². The number of piperidine rings is 1. The van der Waals surface area contributed by atoms with Gasteiger partial charge in [-0.15, -0.1) is 0 Å². The van der Waals surface area contributed by atoms with Crippen LogP contribution in [-0.4, -0.2) is 35.8 Å². The van der Waals surface area contributed by atoms with Gasteiger partial charge < -0.3 is 10.2 Å². The minimum Gasteiger partial charge on any atom is -0.355 e. The molecule has 2 rings (SSSR count). The largest absolute Gasteiger partial charge is 0.416 e. The fourth-order valence-electron chi connectivity index (χ4n) is 3.27. The first-order valence-electron chi connectivity index (χ1n) is 9.03. The van der Waals surface area contributed by atoms with Gasteiger partial charge >= 0.3 is 6.18 Å². The van der Waals surface area contributed by atoms with Crippen LogP contribution in [0.15, 0.2) is 24.3 Å². The maximum Gasteiger partial charge on any atom is 0.416 e. The molecule has 7 heteroatoms. The fraction of sp³-hybridized carbons (Fsp3) is 0.579. The predicted octanol–water partition coefficient (Wildman–Crippen LogP) is 3.55. The number of nitrogens with zero attached hydrogens (tertiary/aromatic N) is 1. The standard InChI is InChI=1S/C19H25F3N2O2/c1-2-16-5-3-4-12-24(16)18(26)10-11-23-17(25)13-14-6-8-15(9-7-14)19(20,21)22/h6-9,16H,2-5,10-13H2,1H3,(H,23,25)/t16-/m0/s1. The van der Waals surface area contributed by atoms with Gasteiger partial charge in [0.1, 0.15) is 0 Å². The van der Waals surface area contributed by atoms with Gasteiger partial charge in [-0.2, -0.15) is 13.2 Å². The Bertz CT molecular complexity index is 614. The van der Waals surface area contributed by atoms with Crippen LogP contribution in [0.4, 0.5) is 13.2 Å². The zero-order valence-electron chi connectivity index (χ0n) is 14.9. The molecule has 1 N–H and O–H groups in total. The summed E-state index contributed by atoms with van der Waals surface area (Å²) in [7, 11) is 0. The van der Waals surface area contributed by atoms with Crippen molar-refractivity contribution in [2.45, 2.75) is 57.7 Å². The number of likely N-dealkylation sites (tertiary alicyclic amines) is 1. The number of rotatable bonds is 6. The molecular weight excluding hydrogens is 345 g/mol. The van der Waals surface area contributed by atoms with E-state index in [1.165, 1.54) is 12.1 Å². The third kappa shape index (κ3) is 5.75. The first kappa shape index (κ1) is 20.3. The molecule has 1 aliphatic heterocycles. The molecule has 1 aliphatic rings. The van der Waals surface area contributed by atoms with E-state index in [-0.39, 0.29) is 31.2 Å². The third-order valence-electron chi connectivity index (χ3n) is 4.73. The summed E-state index contributed by atoms with van der Waals surface area (Å²) in [4.78, 5) is 26.1. The molecule has 1 aromatic rings. The third-order valence-corrected chi connectivity index (χ3v) is 4.73. The van der Waals surface area contributed by atoms with Gasteiger partial charge in [-0.05, 0) is 43.4 Å². The van der Waals surface area contributed by atoms with Gasteiger partial charge in [-0.1, -0.05) is 19.1 Å². The number of hydrogen-bond acceptors (Lipinski definition) is 2. The van der Waals surface area contributed by atoms with Crippen LogP contribution in [0.2, 0.25) is 0 Å². The highest BCUT2D eigenvalue weighted by Crippen LogP contribution is 2.29. The molecule has 0 aliphatic carbocycles. The predicted molar refractivity (Wildman–Crippen MR) is 92.4 cm³/mol. The first-order valence-corrected chi connectivity index (χ1v) is 9.03. The van der Waals surface area contributed by atoms with Crippen molar-refractivity contribution in [1.29, 1.82) is 0 Å². The Morgan fingerprint density at radius 1 is 1.19 bits per heavy atom. The SMILES string of the molecule is CC[C@H]1CCCCN1C(=O)CCNC(=O)Cc1ccc(C(F)(F)F)cc1. The molecule has 1 atom stereocenters. The van der Waals surface area contributed by atoms with Crippen LogP contribution in [0.1, 0.15) is 50.2 Å². The zero-order chi connectivity index (χ0) is 19.2. The molecule has 0 radical (unpaired) electrons. The maximum absolute atomic E-state index is 12.5. The highest BCUT2D eigenvalue weighted by atomic mass is 19.4. The summed E-state index contributed by atoms with van der Waals surface area (Å²) in [6.07, 6.45) is -0.0158. The van der Waals surface area contributed by atoms with Crippen molar-refractivity contribution in [3.63, 3.8) is 0 Å². The van der Waals surface area contributed by atoms with Gasteiger partial charge in [-0.25, -0.2) is 0 Å². The fourth-order valence-corrected chi connectivity index (χ4v) is 3.27. The lowest BCUT2D eigenvalue weighted by Crippen LogP contribution is -2.44. The molecule has 4 nitrogen and oxygen atoms in total. The summed E-state index contributed by atoms with van der Waals surface area (Å²) in [6, 6.07) is 4.82. The van der Waals surface area contributed by atoms with Crippen LogP contribution in [0.25, 0.3) is 0 Å². The second-order valence-corrected chi connectivity index (χ2v) is 6.62. The van der Waals surface area contributed by atoms with E-state index in [1.54, 1.807) is 0 Å². The Balaban J connectivity index is 1.75. The van der Waals surface area contributed by atoms with E-state index < -0.39 is 11.7 Å². The van der Waals surface area contributed by atoms with E-state index in [9.17, 15) is 22.8 Å². The van der Waals surface area contributed by atoms with Crippen LogP contribution >= 0.6 is 0 Å². The lowest BCUT2D eigenvalue weighted by atomic mass is 9.99. The summed E-state index contributed by atoms with van der Waals surface area (Å²) in [6.45, 7) is 3.09. The van der Waals surface area contributed by atoms with E-state index >= 15 is 0 Å². The quantitative estimate of drug-likeness (QED) is 0.833. The lowest BCUT2D eigenvalue weighted by Gasteiger charge is -2.35. The van der Waals surface area contributed by atoms with E-state index in [0.29, 0.717) is 11.6 Å². The van der Waals surface area contributed by atoms with E-state index in [4.69, 9.17) is 0 Å². The van der Waals surface area contributed by atoms with Gasteiger partial charge in [0.05, 0.1) is 12.0 Å². The smallest absolute Gasteiger partial charge is 0.355 e. The molecule has 0 aromatic heterocycles. The average Bonchev–Trinajstić information content (AvgIpc) is 2.61. The van der Waals surface area contributed by atoms with Crippen molar-refractivity contribution in [2.75, 3.05) is 13.1 Å². The number of alkyl halides is 3. The number of hydrogen-bond donors (Lipinski definition) is 1. The topological polar surface area (TPSA) is 49.4 Å². The molecule has 0 spiro atoms. The Morgan fingerprint density at radius 3 is 2.50 bits per heavy atom. The summed E-state index contributed by atoms with van der Waals surface area (Å²) in [5.74, 6) is -0.255. The normalized spacial score (nSPS) is 17.8. The highest BCUT2D eigenvalue weighted by molar-refractivity contribution is 5.80. The molecule has 144 valence electrons. The Kier molecular flexibility index (Phi) is 7.06. The van der Waals surface area contributed by atoms with E-state index in [0.717, 1.165) is 44.4 Å². The van der Waals surface area contributed by atoms with Gasteiger partial charge in [0.2, 0.25) is 11.8 Å². The minimum absolute atomic E-state index is 0.00632. The van der Waals surface area contributed by atoms with Gasteiger partial charge in [0, 0.05) is 25.6 Å². The van der Waals surface area contributed by atoms with Crippen molar-refractivity contribution in [3.8, 4) is 0 Å². The van der Waals surface area contributed by atoms with Crippen LogP contribution in [0.5, 0.6) is 0 Å².